The number of benzene rings is 2. The van der Waals surface area contributed by atoms with Crippen LogP contribution in [0.2, 0.25) is 0 Å². The summed E-state index contributed by atoms with van der Waals surface area (Å²) in [5, 5.41) is 3.08. The molecule has 0 saturated carbocycles. The number of esters is 1. The zero-order valence-electron chi connectivity index (χ0n) is 10.6. The molecule has 4 nitrogen and oxygen atoms in total. The fourth-order valence-corrected chi connectivity index (χ4v) is 2.31. The highest BCUT2D eigenvalue weighted by atomic mass is 127. The number of nitrogens with one attached hydrogen (secondary N) is 1. The second-order valence-electron chi connectivity index (χ2n) is 4.01. The van der Waals surface area contributed by atoms with Crippen molar-refractivity contribution in [2.75, 3.05) is 18.2 Å². The van der Waals surface area contributed by atoms with Crippen LogP contribution in [0, 0.1) is 9.39 Å². The predicted molar refractivity (Wildman–Crippen MR) is 84.6 cm³/mol. The Morgan fingerprint density at radius 3 is 2.70 bits per heavy atom. The summed E-state index contributed by atoms with van der Waals surface area (Å²) in [5.41, 5.74) is 7.80. The molecule has 0 bridgehead atoms. The molecule has 0 aliphatic carbocycles. The second kappa shape index (κ2) is 6.08. The van der Waals surface area contributed by atoms with E-state index in [9.17, 15) is 9.18 Å². The van der Waals surface area contributed by atoms with Gasteiger partial charge in [0.1, 0.15) is 5.82 Å². The Balaban J connectivity index is 2.37. The molecule has 0 atom stereocenters. The fourth-order valence-electron chi connectivity index (χ4n) is 1.70. The molecule has 0 heterocycles. The van der Waals surface area contributed by atoms with Crippen LogP contribution in [0.15, 0.2) is 36.4 Å². The van der Waals surface area contributed by atoms with E-state index in [4.69, 9.17) is 5.73 Å². The van der Waals surface area contributed by atoms with Crippen LogP contribution < -0.4 is 11.1 Å². The van der Waals surface area contributed by atoms with Gasteiger partial charge in [0.05, 0.1) is 29.7 Å². The molecule has 2 rings (SSSR count). The lowest BCUT2D eigenvalue weighted by Gasteiger charge is -2.13. The maximum atomic E-state index is 13.1. The molecule has 3 N–H and O–H groups in total. The number of carbonyl (C=O) groups is 1. The first-order chi connectivity index (χ1) is 9.52. The van der Waals surface area contributed by atoms with Gasteiger partial charge in [-0.1, -0.05) is 6.07 Å². The smallest absolute Gasteiger partial charge is 0.340 e. The third-order valence-corrected chi connectivity index (χ3v) is 3.60. The lowest BCUT2D eigenvalue weighted by Crippen LogP contribution is -2.08. The number of nitrogen functional groups attached to an aromatic ring is 1. The van der Waals surface area contributed by atoms with E-state index in [1.54, 1.807) is 24.3 Å². The van der Waals surface area contributed by atoms with Crippen molar-refractivity contribution in [3.8, 4) is 0 Å². The minimum absolute atomic E-state index is 0.287. The number of carbonyl (C=O) groups excluding carboxylic acids is 1. The van der Waals surface area contributed by atoms with Gasteiger partial charge in [-0.15, -0.1) is 0 Å². The van der Waals surface area contributed by atoms with Crippen molar-refractivity contribution in [2.24, 2.45) is 0 Å². The number of hydrogen-bond acceptors (Lipinski definition) is 4. The van der Waals surface area contributed by atoms with Gasteiger partial charge in [-0.2, -0.15) is 0 Å². The molecule has 0 fully saturated rings. The van der Waals surface area contributed by atoms with Gasteiger partial charge in [0.25, 0.3) is 0 Å². The summed E-state index contributed by atoms with van der Waals surface area (Å²) in [5.74, 6) is -0.809. The number of methoxy groups -OCH3 is 1. The highest BCUT2D eigenvalue weighted by molar-refractivity contribution is 14.1. The molecule has 6 heteroatoms. The first-order valence-corrected chi connectivity index (χ1v) is 6.79. The molecule has 0 aliphatic heterocycles. The SMILES string of the molecule is COC(=O)c1cccc(Nc2ccc(F)cc2I)c1N. The van der Waals surface area contributed by atoms with E-state index in [-0.39, 0.29) is 11.4 Å². The van der Waals surface area contributed by atoms with Crippen LogP contribution in [-0.2, 0) is 4.74 Å². The normalized spacial score (nSPS) is 10.2. The molecule has 104 valence electrons. The summed E-state index contributed by atoms with van der Waals surface area (Å²) in [7, 11) is 1.30. The molecule has 0 radical (unpaired) electrons. The van der Waals surface area contributed by atoms with Crippen LogP contribution in [-0.4, -0.2) is 13.1 Å². The number of ether oxygens (including phenoxy) is 1. The van der Waals surface area contributed by atoms with Crippen LogP contribution in [0.4, 0.5) is 21.5 Å². The molecule has 2 aromatic rings. The van der Waals surface area contributed by atoms with Crippen LogP contribution in [0.25, 0.3) is 0 Å². The largest absolute Gasteiger partial charge is 0.465 e. The summed E-state index contributed by atoms with van der Waals surface area (Å²) >= 11 is 2.02. The molecule has 0 spiro atoms. The highest BCUT2D eigenvalue weighted by Gasteiger charge is 2.13. The van der Waals surface area contributed by atoms with Gasteiger partial charge in [0, 0.05) is 3.57 Å². The van der Waals surface area contributed by atoms with E-state index in [0.29, 0.717) is 20.6 Å². The van der Waals surface area contributed by atoms with Gasteiger partial charge in [-0.3, -0.25) is 0 Å². The molecule has 0 unspecified atom stereocenters. The summed E-state index contributed by atoms with van der Waals surface area (Å²) in [6.45, 7) is 0. The Bertz CT molecular complexity index is 662. The predicted octanol–water partition coefficient (Wildman–Crippen LogP) is 3.54. The molecule has 0 saturated heterocycles. The lowest BCUT2D eigenvalue weighted by atomic mass is 10.1. The molecule has 20 heavy (non-hydrogen) atoms. The Morgan fingerprint density at radius 2 is 2.05 bits per heavy atom. The number of anilines is 3. The Morgan fingerprint density at radius 1 is 1.30 bits per heavy atom. The molecule has 0 aliphatic rings. The van der Waals surface area contributed by atoms with Crippen LogP contribution in [0.1, 0.15) is 10.4 Å². The van der Waals surface area contributed by atoms with E-state index >= 15 is 0 Å². The van der Waals surface area contributed by atoms with Crippen molar-refractivity contribution < 1.29 is 13.9 Å². The summed E-state index contributed by atoms with van der Waals surface area (Å²) in [4.78, 5) is 11.6. The van der Waals surface area contributed by atoms with Crippen molar-refractivity contribution >= 4 is 45.6 Å². The van der Waals surface area contributed by atoms with Gasteiger partial charge < -0.3 is 15.8 Å². The molecular formula is C14H12FIN2O2. The van der Waals surface area contributed by atoms with Crippen molar-refractivity contribution in [2.45, 2.75) is 0 Å². The van der Waals surface area contributed by atoms with Crippen LogP contribution in [0.5, 0.6) is 0 Å². The van der Waals surface area contributed by atoms with E-state index < -0.39 is 5.97 Å². The summed E-state index contributed by atoms with van der Waals surface area (Å²) in [6, 6.07) is 9.39. The first-order valence-electron chi connectivity index (χ1n) is 5.72. The van der Waals surface area contributed by atoms with Crippen molar-refractivity contribution in [1.29, 1.82) is 0 Å². The summed E-state index contributed by atoms with van der Waals surface area (Å²) < 4.78 is 18.4. The number of hydrogen-bond donors (Lipinski definition) is 2. The minimum atomic E-state index is -0.500. The molecule has 0 aromatic heterocycles. The minimum Gasteiger partial charge on any atom is -0.465 e. The number of halogens is 2. The standard InChI is InChI=1S/C14H12FIN2O2/c1-20-14(19)9-3-2-4-12(13(9)17)18-11-6-5-8(15)7-10(11)16/h2-7,18H,17H2,1H3. The van der Waals surface area contributed by atoms with Crippen molar-refractivity contribution in [1.82, 2.24) is 0 Å². The van der Waals surface area contributed by atoms with Gasteiger partial charge in [-0.25, -0.2) is 9.18 Å². The van der Waals surface area contributed by atoms with Crippen LogP contribution in [0.3, 0.4) is 0 Å². The quantitative estimate of drug-likeness (QED) is 0.481. The van der Waals surface area contributed by atoms with Gasteiger partial charge >= 0.3 is 5.97 Å². The van der Waals surface area contributed by atoms with E-state index in [1.807, 2.05) is 22.6 Å². The third-order valence-electron chi connectivity index (χ3n) is 2.71. The maximum absolute atomic E-state index is 13.1. The average Bonchev–Trinajstić information content (AvgIpc) is 2.43. The monoisotopic (exact) mass is 386 g/mol. The topological polar surface area (TPSA) is 64.3 Å². The number of rotatable bonds is 3. The fraction of sp³-hybridized carbons (Fsp3) is 0.0714. The molecule has 2 aromatic carbocycles. The molecular weight excluding hydrogens is 374 g/mol. The van der Waals surface area contributed by atoms with Crippen molar-refractivity contribution in [3.63, 3.8) is 0 Å². The highest BCUT2D eigenvalue weighted by Crippen LogP contribution is 2.29. The van der Waals surface area contributed by atoms with Crippen LogP contribution >= 0.6 is 22.6 Å². The Labute approximate surface area is 129 Å². The number of para-hydroxylation sites is 1. The molecule has 0 amide bonds. The van der Waals surface area contributed by atoms with Gasteiger partial charge in [0.2, 0.25) is 0 Å². The average molecular weight is 386 g/mol. The number of nitrogens with two attached hydrogens (primary N) is 1. The van der Waals surface area contributed by atoms with E-state index in [1.165, 1.54) is 19.2 Å². The van der Waals surface area contributed by atoms with E-state index in [0.717, 1.165) is 0 Å². The van der Waals surface area contributed by atoms with Crippen molar-refractivity contribution in [3.05, 3.63) is 51.3 Å². The zero-order valence-corrected chi connectivity index (χ0v) is 12.8. The zero-order chi connectivity index (χ0) is 14.7. The Kier molecular flexibility index (Phi) is 4.43. The first kappa shape index (κ1) is 14.6. The second-order valence-corrected chi connectivity index (χ2v) is 5.17. The van der Waals surface area contributed by atoms with Gasteiger partial charge in [0.15, 0.2) is 0 Å². The lowest BCUT2D eigenvalue weighted by molar-refractivity contribution is 0.0602. The Hall–Kier alpha value is -1.83. The third kappa shape index (κ3) is 3.01. The van der Waals surface area contributed by atoms with Gasteiger partial charge in [-0.05, 0) is 52.9 Å². The van der Waals surface area contributed by atoms with E-state index in [2.05, 4.69) is 10.1 Å². The maximum Gasteiger partial charge on any atom is 0.340 e. The summed E-state index contributed by atoms with van der Waals surface area (Å²) in [6.07, 6.45) is 0.